The second kappa shape index (κ2) is 23.3. The molecule has 2 heterocycles. The van der Waals surface area contributed by atoms with E-state index in [2.05, 4.69) is 0 Å². The zero-order chi connectivity index (χ0) is 45.2. The molecule has 4 rings (SSSR count). The highest BCUT2D eigenvalue weighted by molar-refractivity contribution is 5.80. The Bertz CT molecular complexity index is 2140. The summed E-state index contributed by atoms with van der Waals surface area (Å²) in [6.07, 6.45) is -13.2. The Hall–Kier alpha value is -7.35. The van der Waals surface area contributed by atoms with Crippen molar-refractivity contribution in [1.82, 2.24) is 0 Å². The molecule has 0 spiro atoms. The molecule has 0 bridgehead atoms. The maximum atomic E-state index is 12.3. The van der Waals surface area contributed by atoms with Gasteiger partial charge in [0.05, 0.1) is 19.6 Å². The molecule has 1 aliphatic heterocycles. The van der Waals surface area contributed by atoms with Crippen LogP contribution in [0.3, 0.4) is 0 Å². The van der Waals surface area contributed by atoms with Gasteiger partial charge in [0, 0.05) is 37.4 Å². The Morgan fingerprint density at radius 2 is 1.15 bits per heavy atom. The average Bonchev–Trinajstić information content (AvgIpc) is 3.22. The smallest absolute Gasteiger partial charge is 0.313 e. The standard InChI is InChI=1S/C18H24N4O18.C17H14O4/c23-11(1-5-19(28)29)36-9-10-15(38-12(24)2-6-20(30)31)16(39-13(25)3-7-21(32)33)17(18(27)37-10)40-14(26)4-8-22(34)35;1-19-12-5-3-4-11(8-12)16-10-15(18)14-7-6-13(20-2)9-17(14)21-16/h10,15-18,27H,1-9H2;3-10H,1-2H3. The second-order valence-corrected chi connectivity index (χ2v) is 12.4. The molecule has 61 heavy (non-hydrogen) atoms. The molecule has 26 nitrogen and oxygen atoms in total. The number of carbonyl (C=O) groups excluding carboxylic acids is 4. The van der Waals surface area contributed by atoms with Crippen LogP contribution in [0.1, 0.15) is 25.7 Å². The predicted octanol–water partition coefficient (Wildman–Crippen LogP) is 1.13. The Balaban J connectivity index is 0.000000391. The third-order valence-corrected chi connectivity index (χ3v) is 8.11. The number of hydrogen-bond acceptors (Lipinski definition) is 22. The molecular formula is C35H38N4O22. The number of aliphatic hydroxyl groups excluding tert-OH is 1. The first-order valence-corrected chi connectivity index (χ1v) is 17.7. The monoisotopic (exact) mass is 866 g/mol. The van der Waals surface area contributed by atoms with Crippen molar-refractivity contribution in [1.29, 1.82) is 0 Å². The van der Waals surface area contributed by atoms with Gasteiger partial charge in [0.1, 0.15) is 61.2 Å². The predicted molar refractivity (Wildman–Crippen MR) is 198 cm³/mol. The summed E-state index contributed by atoms with van der Waals surface area (Å²) in [5, 5.41) is 53.2. The third-order valence-electron chi connectivity index (χ3n) is 8.11. The number of benzene rings is 2. The van der Waals surface area contributed by atoms with Crippen molar-refractivity contribution in [3.63, 3.8) is 0 Å². The Labute approximate surface area is 341 Å². The van der Waals surface area contributed by atoms with E-state index in [9.17, 15) is 69.5 Å². The molecule has 3 aromatic rings. The fourth-order valence-corrected chi connectivity index (χ4v) is 5.22. The molecular weight excluding hydrogens is 828 g/mol. The molecule has 1 N–H and O–H groups in total. The number of aliphatic hydroxyl groups is 1. The van der Waals surface area contributed by atoms with Crippen LogP contribution in [0.2, 0.25) is 0 Å². The van der Waals surface area contributed by atoms with E-state index < -0.39 is 133 Å². The zero-order valence-corrected chi connectivity index (χ0v) is 32.2. The van der Waals surface area contributed by atoms with Crippen molar-refractivity contribution in [3.8, 4) is 22.8 Å². The summed E-state index contributed by atoms with van der Waals surface area (Å²) in [7, 11) is 3.17. The maximum absolute atomic E-state index is 12.3. The van der Waals surface area contributed by atoms with Crippen LogP contribution in [-0.2, 0) is 42.9 Å². The first-order valence-electron chi connectivity index (χ1n) is 17.7. The lowest BCUT2D eigenvalue weighted by atomic mass is 9.98. The molecule has 0 radical (unpaired) electrons. The highest BCUT2D eigenvalue weighted by atomic mass is 16.7. The second-order valence-electron chi connectivity index (χ2n) is 12.4. The van der Waals surface area contributed by atoms with Crippen molar-refractivity contribution in [3.05, 3.63) is 99.2 Å². The van der Waals surface area contributed by atoms with Gasteiger partial charge < -0.3 is 42.7 Å². The lowest BCUT2D eigenvalue weighted by molar-refractivity contribution is -0.479. The third kappa shape index (κ3) is 15.7. The van der Waals surface area contributed by atoms with E-state index in [-0.39, 0.29) is 5.43 Å². The van der Waals surface area contributed by atoms with Crippen LogP contribution >= 0.6 is 0 Å². The SMILES string of the molecule is COc1cccc(-c2cc(=O)c3ccc(OC)cc3o2)c1.O=C(CC[N+](=O)[O-])OCC1OC(O)C(OC(=O)CC[N+](=O)[O-])C(OC(=O)CC[N+](=O)[O-])C1OC(=O)CC[N+](=O)[O-]. The number of fused-ring (bicyclic) bond motifs is 1. The molecule has 26 heteroatoms. The van der Waals surface area contributed by atoms with E-state index in [1.54, 1.807) is 32.4 Å². The first kappa shape index (κ1) is 48.0. The normalized spacial score (nSPS) is 18.0. The topological polar surface area (TPSA) is 356 Å². The largest absolute Gasteiger partial charge is 0.497 e. The van der Waals surface area contributed by atoms with Gasteiger partial charge in [-0.3, -0.25) is 64.4 Å². The summed E-state index contributed by atoms with van der Waals surface area (Å²) in [5.74, 6) is -3.21. The summed E-state index contributed by atoms with van der Waals surface area (Å²) in [6.45, 7) is -4.46. The van der Waals surface area contributed by atoms with Crippen molar-refractivity contribution in [2.24, 2.45) is 0 Å². The van der Waals surface area contributed by atoms with E-state index in [4.69, 9.17) is 37.6 Å². The minimum absolute atomic E-state index is 0.0864. The van der Waals surface area contributed by atoms with E-state index in [1.807, 2.05) is 24.3 Å². The maximum Gasteiger partial charge on any atom is 0.313 e. The number of ether oxygens (including phenoxy) is 7. The lowest BCUT2D eigenvalue weighted by Gasteiger charge is -2.42. The number of nitrogens with zero attached hydrogens (tertiary/aromatic N) is 4. The van der Waals surface area contributed by atoms with Crippen molar-refractivity contribution < 1.29 is 81.6 Å². The van der Waals surface area contributed by atoms with Gasteiger partial charge in [-0.1, -0.05) is 12.1 Å². The van der Waals surface area contributed by atoms with Crippen LogP contribution in [0.25, 0.3) is 22.3 Å². The fraction of sp³-hybridized carbons (Fsp3) is 0.457. The number of methoxy groups -OCH3 is 2. The van der Waals surface area contributed by atoms with Gasteiger partial charge in [0.25, 0.3) is 0 Å². The van der Waals surface area contributed by atoms with Gasteiger partial charge in [-0.05, 0) is 24.3 Å². The molecule has 0 aliphatic carbocycles. The van der Waals surface area contributed by atoms with Gasteiger partial charge in [-0.15, -0.1) is 0 Å². The number of hydrogen-bond donors (Lipinski definition) is 1. The van der Waals surface area contributed by atoms with Gasteiger partial charge >= 0.3 is 23.9 Å². The van der Waals surface area contributed by atoms with Crippen LogP contribution in [0.15, 0.2) is 57.7 Å². The zero-order valence-electron chi connectivity index (χ0n) is 32.2. The molecule has 1 saturated heterocycles. The number of rotatable bonds is 20. The van der Waals surface area contributed by atoms with Crippen LogP contribution in [0.5, 0.6) is 11.5 Å². The highest BCUT2D eigenvalue weighted by Crippen LogP contribution is 2.30. The summed E-state index contributed by atoms with van der Waals surface area (Å²) in [6, 6.07) is 14.0. The van der Waals surface area contributed by atoms with E-state index in [0.29, 0.717) is 28.2 Å². The minimum Gasteiger partial charge on any atom is -0.497 e. The summed E-state index contributed by atoms with van der Waals surface area (Å²) in [4.78, 5) is 99.5. The minimum atomic E-state index is -2.22. The molecule has 1 fully saturated rings. The molecule has 1 aromatic heterocycles. The van der Waals surface area contributed by atoms with Crippen molar-refractivity contribution in [2.75, 3.05) is 47.0 Å². The van der Waals surface area contributed by atoms with Gasteiger partial charge in [-0.2, -0.15) is 0 Å². The van der Waals surface area contributed by atoms with Gasteiger partial charge in [-0.25, -0.2) is 0 Å². The average molecular weight is 867 g/mol. The Morgan fingerprint density at radius 1 is 0.656 bits per heavy atom. The number of carbonyl (C=O) groups is 4. The Kier molecular flexibility index (Phi) is 18.3. The fourth-order valence-electron chi connectivity index (χ4n) is 5.22. The van der Waals surface area contributed by atoms with Crippen LogP contribution in [0, 0.1) is 40.5 Å². The summed E-state index contributed by atoms with van der Waals surface area (Å²) < 4.78 is 41.3. The van der Waals surface area contributed by atoms with E-state index in [0.717, 1.165) is 5.56 Å². The molecule has 2 aromatic carbocycles. The first-order chi connectivity index (χ1) is 28.9. The number of esters is 4. The van der Waals surface area contributed by atoms with Gasteiger partial charge in [0.15, 0.2) is 30.0 Å². The van der Waals surface area contributed by atoms with Crippen LogP contribution in [-0.4, -0.2) is 126 Å². The molecule has 5 atom stereocenters. The van der Waals surface area contributed by atoms with E-state index in [1.165, 1.54) is 6.07 Å². The molecule has 0 saturated carbocycles. The van der Waals surface area contributed by atoms with E-state index >= 15 is 0 Å². The molecule has 5 unspecified atom stereocenters. The van der Waals surface area contributed by atoms with Crippen molar-refractivity contribution in [2.45, 2.75) is 56.4 Å². The quantitative estimate of drug-likeness (QED) is 0.0719. The van der Waals surface area contributed by atoms with Crippen molar-refractivity contribution >= 4 is 34.8 Å². The van der Waals surface area contributed by atoms with Crippen LogP contribution in [0.4, 0.5) is 0 Å². The van der Waals surface area contributed by atoms with Crippen LogP contribution < -0.4 is 14.9 Å². The Morgan fingerprint density at radius 3 is 1.67 bits per heavy atom. The summed E-state index contributed by atoms with van der Waals surface area (Å²) >= 11 is 0. The number of nitro groups is 4. The summed E-state index contributed by atoms with van der Waals surface area (Å²) in [5.41, 5.74) is 1.20. The molecule has 1 aliphatic rings. The lowest BCUT2D eigenvalue weighted by Crippen LogP contribution is -2.62. The van der Waals surface area contributed by atoms with Gasteiger partial charge in [0.2, 0.25) is 26.2 Å². The molecule has 330 valence electrons. The molecule has 0 amide bonds. The highest BCUT2D eigenvalue weighted by Gasteiger charge is 2.52.